The van der Waals surface area contributed by atoms with E-state index in [1.165, 1.54) is 6.33 Å². The molecule has 1 heterocycles. The lowest BCUT2D eigenvalue weighted by Crippen LogP contribution is -2.45. The summed E-state index contributed by atoms with van der Waals surface area (Å²) in [4.78, 5) is 16.3. The van der Waals surface area contributed by atoms with E-state index < -0.39 is 5.41 Å². The molecule has 0 fully saturated rings. The molecule has 0 aliphatic carbocycles. The van der Waals surface area contributed by atoms with Gasteiger partial charge in [0.15, 0.2) is 0 Å². The predicted molar refractivity (Wildman–Crippen MR) is 69.5 cm³/mol. The number of carbonyl (C=O) groups excluding carboxylic acids is 1. The molecule has 1 aromatic rings. The lowest BCUT2D eigenvalue weighted by Gasteiger charge is -2.30. The molecule has 1 amide bonds. The monoisotopic (exact) mass is 253 g/mol. The van der Waals surface area contributed by atoms with Crippen molar-refractivity contribution in [3.8, 4) is 0 Å². The van der Waals surface area contributed by atoms with E-state index in [1.807, 2.05) is 0 Å². The van der Waals surface area contributed by atoms with E-state index in [2.05, 4.69) is 34.3 Å². The van der Waals surface area contributed by atoms with Crippen LogP contribution in [0, 0.1) is 5.41 Å². The Bertz CT molecular complexity index is 343. The van der Waals surface area contributed by atoms with Crippen LogP contribution >= 0.6 is 0 Å². The van der Waals surface area contributed by atoms with Gasteiger partial charge in [-0.3, -0.25) is 9.89 Å². The van der Waals surface area contributed by atoms with Crippen LogP contribution in [0.1, 0.15) is 45.4 Å². The fourth-order valence-corrected chi connectivity index (χ4v) is 2.27. The lowest BCUT2D eigenvalue weighted by atomic mass is 9.78. The number of amides is 1. The van der Waals surface area contributed by atoms with E-state index in [0.29, 0.717) is 18.9 Å². The van der Waals surface area contributed by atoms with Crippen molar-refractivity contribution in [3.63, 3.8) is 0 Å². The maximum Gasteiger partial charge on any atom is 0.227 e. The highest BCUT2D eigenvalue weighted by Crippen LogP contribution is 2.29. The average Bonchev–Trinajstić information content (AvgIpc) is 2.88. The first-order valence-corrected chi connectivity index (χ1v) is 6.51. The van der Waals surface area contributed by atoms with Crippen molar-refractivity contribution in [1.29, 1.82) is 0 Å². The molecular formula is C12H23N5O. The zero-order valence-corrected chi connectivity index (χ0v) is 11.2. The molecule has 1 rings (SSSR count). The normalized spacial score (nSPS) is 11.5. The number of carbonyl (C=O) groups is 1. The Morgan fingerprint density at radius 2 is 2.11 bits per heavy atom. The van der Waals surface area contributed by atoms with Crippen LogP contribution in [0.15, 0.2) is 6.33 Å². The summed E-state index contributed by atoms with van der Waals surface area (Å²) in [6.45, 7) is 4.90. The number of H-pyrrole nitrogens is 1. The summed E-state index contributed by atoms with van der Waals surface area (Å²) in [6, 6.07) is 0. The first-order chi connectivity index (χ1) is 8.68. The van der Waals surface area contributed by atoms with E-state index in [0.717, 1.165) is 25.7 Å². The Morgan fingerprint density at radius 3 is 2.56 bits per heavy atom. The Kier molecular flexibility index (Phi) is 5.77. The van der Waals surface area contributed by atoms with Crippen molar-refractivity contribution in [2.45, 2.75) is 46.1 Å². The summed E-state index contributed by atoms with van der Waals surface area (Å²) in [5, 5.41) is 9.36. The molecule has 0 spiro atoms. The number of aromatic amines is 1. The molecule has 0 unspecified atom stereocenters. The third kappa shape index (κ3) is 3.53. The summed E-state index contributed by atoms with van der Waals surface area (Å²) in [7, 11) is 0. The zero-order valence-electron chi connectivity index (χ0n) is 11.2. The SMILES string of the molecule is CCCC(CN)(CCC)C(=O)NCc1ncn[nH]1. The van der Waals surface area contributed by atoms with Crippen LogP contribution in [0.4, 0.5) is 0 Å². The molecule has 0 bridgehead atoms. The molecule has 0 atom stereocenters. The topological polar surface area (TPSA) is 96.7 Å². The number of hydrogen-bond donors (Lipinski definition) is 3. The van der Waals surface area contributed by atoms with Gasteiger partial charge in [0, 0.05) is 6.54 Å². The molecule has 0 saturated carbocycles. The largest absolute Gasteiger partial charge is 0.348 e. The Morgan fingerprint density at radius 1 is 1.44 bits per heavy atom. The zero-order chi connectivity index (χ0) is 13.4. The maximum absolute atomic E-state index is 12.3. The van der Waals surface area contributed by atoms with E-state index in [4.69, 9.17) is 5.73 Å². The number of aromatic nitrogens is 3. The molecular weight excluding hydrogens is 230 g/mol. The minimum absolute atomic E-state index is 0.0186. The first kappa shape index (κ1) is 14.6. The molecule has 18 heavy (non-hydrogen) atoms. The van der Waals surface area contributed by atoms with Gasteiger partial charge in [-0.1, -0.05) is 26.7 Å². The van der Waals surface area contributed by atoms with Crippen LogP contribution in [0.5, 0.6) is 0 Å². The van der Waals surface area contributed by atoms with Gasteiger partial charge >= 0.3 is 0 Å². The Hall–Kier alpha value is -1.43. The van der Waals surface area contributed by atoms with Crippen molar-refractivity contribution >= 4 is 5.91 Å². The second-order valence-corrected chi connectivity index (χ2v) is 4.60. The van der Waals surface area contributed by atoms with Crippen molar-refractivity contribution in [2.24, 2.45) is 11.1 Å². The second-order valence-electron chi connectivity index (χ2n) is 4.60. The molecule has 0 aromatic carbocycles. The quantitative estimate of drug-likeness (QED) is 0.643. The van der Waals surface area contributed by atoms with Gasteiger partial charge in [-0.05, 0) is 12.8 Å². The molecule has 6 nitrogen and oxygen atoms in total. The predicted octanol–water partition coefficient (Wildman–Crippen LogP) is 0.966. The highest BCUT2D eigenvalue weighted by molar-refractivity contribution is 5.82. The smallest absolute Gasteiger partial charge is 0.227 e. The minimum atomic E-state index is -0.441. The van der Waals surface area contributed by atoms with Crippen LogP contribution in [-0.2, 0) is 11.3 Å². The average molecular weight is 253 g/mol. The van der Waals surface area contributed by atoms with Crippen molar-refractivity contribution in [2.75, 3.05) is 6.54 Å². The molecule has 6 heteroatoms. The van der Waals surface area contributed by atoms with Gasteiger partial charge in [0.1, 0.15) is 12.2 Å². The molecule has 102 valence electrons. The highest BCUT2D eigenvalue weighted by Gasteiger charge is 2.34. The highest BCUT2D eigenvalue weighted by atomic mass is 16.2. The third-order valence-corrected chi connectivity index (χ3v) is 3.21. The molecule has 1 aromatic heterocycles. The van der Waals surface area contributed by atoms with Crippen molar-refractivity contribution in [3.05, 3.63) is 12.2 Å². The van der Waals surface area contributed by atoms with E-state index in [9.17, 15) is 4.79 Å². The Labute approximate surface area is 108 Å². The molecule has 4 N–H and O–H groups in total. The molecule has 0 saturated heterocycles. The summed E-state index contributed by atoms with van der Waals surface area (Å²) in [6.07, 6.45) is 4.97. The second kappa shape index (κ2) is 7.10. The van der Waals surface area contributed by atoms with Crippen LogP contribution in [0.3, 0.4) is 0 Å². The fraction of sp³-hybridized carbons (Fsp3) is 0.750. The lowest BCUT2D eigenvalue weighted by molar-refractivity contribution is -0.131. The first-order valence-electron chi connectivity index (χ1n) is 6.51. The number of nitrogens with two attached hydrogens (primary N) is 1. The molecule has 0 aliphatic heterocycles. The van der Waals surface area contributed by atoms with E-state index in [-0.39, 0.29) is 5.91 Å². The van der Waals surface area contributed by atoms with Gasteiger partial charge in [0.05, 0.1) is 12.0 Å². The van der Waals surface area contributed by atoms with Crippen LogP contribution in [-0.4, -0.2) is 27.6 Å². The van der Waals surface area contributed by atoms with Gasteiger partial charge in [-0.15, -0.1) is 0 Å². The number of rotatable bonds is 8. The van der Waals surface area contributed by atoms with Gasteiger partial charge < -0.3 is 11.1 Å². The minimum Gasteiger partial charge on any atom is -0.348 e. The standard InChI is InChI=1S/C12H23N5O/c1-3-5-12(8-13,6-4-2)11(18)14-7-10-15-9-16-17-10/h9H,3-8,13H2,1-2H3,(H,14,18)(H,15,16,17). The summed E-state index contributed by atoms with van der Waals surface area (Å²) >= 11 is 0. The van der Waals surface area contributed by atoms with Gasteiger partial charge in [0.25, 0.3) is 0 Å². The summed E-state index contributed by atoms with van der Waals surface area (Å²) < 4.78 is 0. The van der Waals surface area contributed by atoms with Gasteiger partial charge in [-0.25, -0.2) is 4.98 Å². The van der Waals surface area contributed by atoms with Crippen molar-refractivity contribution < 1.29 is 4.79 Å². The van der Waals surface area contributed by atoms with Crippen LogP contribution in [0.2, 0.25) is 0 Å². The third-order valence-electron chi connectivity index (χ3n) is 3.21. The maximum atomic E-state index is 12.3. The van der Waals surface area contributed by atoms with Gasteiger partial charge in [0.2, 0.25) is 5.91 Å². The van der Waals surface area contributed by atoms with Crippen molar-refractivity contribution in [1.82, 2.24) is 20.5 Å². The fourth-order valence-electron chi connectivity index (χ4n) is 2.27. The molecule has 0 aliphatic rings. The molecule has 0 radical (unpaired) electrons. The summed E-state index contributed by atoms with van der Waals surface area (Å²) in [5.41, 5.74) is 5.39. The van der Waals surface area contributed by atoms with E-state index in [1.54, 1.807) is 0 Å². The van der Waals surface area contributed by atoms with Crippen LogP contribution < -0.4 is 11.1 Å². The van der Waals surface area contributed by atoms with Crippen LogP contribution in [0.25, 0.3) is 0 Å². The Balaban J connectivity index is 2.63. The number of hydrogen-bond acceptors (Lipinski definition) is 4. The van der Waals surface area contributed by atoms with Gasteiger partial charge in [-0.2, -0.15) is 5.10 Å². The van der Waals surface area contributed by atoms with E-state index >= 15 is 0 Å². The number of nitrogens with one attached hydrogen (secondary N) is 2. The number of nitrogens with zero attached hydrogens (tertiary/aromatic N) is 2. The summed E-state index contributed by atoms with van der Waals surface area (Å²) in [5.74, 6) is 0.673.